The van der Waals surface area contributed by atoms with E-state index in [1.165, 1.54) is 5.00 Å². The van der Waals surface area contributed by atoms with Crippen molar-refractivity contribution in [3.05, 3.63) is 47.3 Å². The second-order valence-corrected chi connectivity index (χ2v) is 9.11. The predicted octanol–water partition coefficient (Wildman–Crippen LogP) is 3.48. The first-order valence-electron chi connectivity index (χ1n) is 10.9. The highest BCUT2D eigenvalue weighted by Crippen LogP contribution is 2.31. The summed E-state index contributed by atoms with van der Waals surface area (Å²) in [5.74, 6) is 1.60. The SMILES string of the molecule is CN(C)C(=O)CN=C(NC1CCN(c2cccs2)CC1)NC1CCOc2ccccc21.I. The van der Waals surface area contributed by atoms with Gasteiger partial charge in [0.2, 0.25) is 5.91 Å². The lowest BCUT2D eigenvalue weighted by molar-refractivity contribution is -0.127. The molecule has 2 aliphatic rings. The standard InChI is InChI=1S/C23H31N5O2S.HI/c1-27(2)21(29)16-24-23(26-19-11-14-30-20-7-4-3-6-18(19)20)25-17-9-12-28(13-10-17)22-8-5-15-31-22;/h3-8,15,17,19H,9-14,16H2,1-2H3,(H2,24,25,26);1H. The largest absolute Gasteiger partial charge is 0.493 e. The quantitative estimate of drug-likeness (QED) is 0.328. The number of ether oxygens (including phenoxy) is 1. The number of rotatable bonds is 5. The molecule has 4 rings (SSSR count). The highest BCUT2D eigenvalue weighted by Gasteiger charge is 2.25. The number of aliphatic imine (C=N–C) groups is 1. The molecule has 1 aromatic heterocycles. The molecule has 7 nitrogen and oxygen atoms in total. The van der Waals surface area contributed by atoms with Crippen molar-refractivity contribution in [3.8, 4) is 5.75 Å². The number of halogens is 1. The molecule has 1 amide bonds. The summed E-state index contributed by atoms with van der Waals surface area (Å²) in [6, 6.07) is 12.8. The fraction of sp³-hybridized carbons (Fsp3) is 0.478. The molecular weight excluding hydrogens is 537 g/mol. The van der Waals surface area contributed by atoms with Crippen LogP contribution in [-0.2, 0) is 4.79 Å². The Balaban J connectivity index is 0.00000289. The summed E-state index contributed by atoms with van der Waals surface area (Å²) in [5.41, 5.74) is 1.13. The molecule has 1 saturated heterocycles. The molecule has 1 unspecified atom stereocenters. The minimum absolute atomic E-state index is 0. The Labute approximate surface area is 211 Å². The number of nitrogens with one attached hydrogen (secondary N) is 2. The lowest BCUT2D eigenvalue weighted by atomic mass is 10.0. The summed E-state index contributed by atoms with van der Waals surface area (Å²) in [7, 11) is 3.51. The minimum Gasteiger partial charge on any atom is -0.493 e. The van der Waals surface area contributed by atoms with Crippen LogP contribution < -0.4 is 20.3 Å². The van der Waals surface area contributed by atoms with E-state index in [9.17, 15) is 4.79 Å². The molecular formula is C23H32IN5O2S. The van der Waals surface area contributed by atoms with E-state index in [1.54, 1.807) is 30.3 Å². The number of guanidine groups is 1. The fourth-order valence-corrected chi connectivity index (χ4v) is 4.75. The fourth-order valence-electron chi connectivity index (χ4n) is 3.97. The van der Waals surface area contributed by atoms with Gasteiger partial charge in [-0.05, 0) is 36.4 Å². The number of carbonyl (C=O) groups excluding carboxylic acids is 1. The van der Waals surface area contributed by atoms with Gasteiger partial charge >= 0.3 is 0 Å². The van der Waals surface area contributed by atoms with Crippen molar-refractivity contribution in [2.75, 3.05) is 45.2 Å². The Bertz CT molecular complexity index is 898. The average Bonchev–Trinajstić information content (AvgIpc) is 3.33. The second-order valence-electron chi connectivity index (χ2n) is 8.18. The van der Waals surface area contributed by atoms with E-state index >= 15 is 0 Å². The van der Waals surface area contributed by atoms with Crippen LogP contribution in [0.5, 0.6) is 5.75 Å². The van der Waals surface area contributed by atoms with Crippen LogP contribution in [0.25, 0.3) is 0 Å². The zero-order valence-electron chi connectivity index (χ0n) is 18.6. The predicted molar refractivity (Wildman–Crippen MR) is 142 cm³/mol. The normalized spacial score (nSPS) is 18.8. The van der Waals surface area contributed by atoms with Gasteiger partial charge < -0.3 is 25.2 Å². The van der Waals surface area contributed by atoms with Gasteiger partial charge in [0.05, 0.1) is 17.6 Å². The van der Waals surface area contributed by atoms with Crippen LogP contribution in [0.2, 0.25) is 0 Å². The van der Waals surface area contributed by atoms with Crippen molar-refractivity contribution < 1.29 is 9.53 Å². The molecule has 2 aliphatic heterocycles. The summed E-state index contributed by atoms with van der Waals surface area (Å²) in [6.07, 6.45) is 2.92. The first-order valence-corrected chi connectivity index (χ1v) is 11.8. The Morgan fingerprint density at radius 1 is 1.16 bits per heavy atom. The summed E-state index contributed by atoms with van der Waals surface area (Å²) in [6.45, 7) is 2.82. The number of amides is 1. The molecule has 1 atom stereocenters. The topological polar surface area (TPSA) is 69.2 Å². The van der Waals surface area contributed by atoms with E-state index in [0.717, 1.165) is 43.7 Å². The van der Waals surface area contributed by atoms with Crippen molar-refractivity contribution in [2.24, 2.45) is 4.99 Å². The molecule has 174 valence electrons. The van der Waals surface area contributed by atoms with Crippen LogP contribution >= 0.6 is 35.3 Å². The van der Waals surface area contributed by atoms with Crippen molar-refractivity contribution >= 4 is 52.2 Å². The number of anilines is 1. The Hall–Kier alpha value is -2.01. The monoisotopic (exact) mass is 569 g/mol. The van der Waals surface area contributed by atoms with E-state index in [2.05, 4.69) is 44.1 Å². The molecule has 0 aliphatic carbocycles. The summed E-state index contributed by atoms with van der Waals surface area (Å²) in [5, 5.41) is 10.6. The number of hydrogen-bond donors (Lipinski definition) is 2. The molecule has 0 bridgehead atoms. The lowest BCUT2D eigenvalue weighted by Crippen LogP contribution is -2.50. The van der Waals surface area contributed by atoms with Crippen LogP contribution in [0.1, 0.15) is 30.9 Å². The van der Waals surface area contributed by atoms with E-state index < -0.39 is 0 Å². The third-order valence-corrected chi connectivity index (χ3v) is 6.72. The maximum absolute atomic E-state index is 12.1. The molecule has 3 heterocycles. The first kappa shape index (κ1) is 24.6. The molecule has 2 aromatic rings. The molecule has 0 spiro atoms. The van der Waals surface area contributed by atoms with E-state index in [1.807, 2.05) is 18.2 Å². The van der Waals surface area contributed by atoms with Gasteiger partial charge in [-0.1, -0.05) is 18.2 Å². The number of para-hydroxylation sites is 1. The van der Waals surface area contributed by atoms with Crippen molar-refractivity contribution in [2.45, 2.75) is 31.3 Å². The minimum atomic E-state index is -0.0130. The maximum atomic E-state index is 12.1. The van der Waals surface area contributed by atoms with Gasteiger partial charge in [0.15, 0.2) is 5.96 Å². The highest BCUT2D eigenvalue weighted by atomic mass is 127. The van der Waals surface area contributed by atoms with Crippen molar-refractivity contribution in [3.63, 3.8) is 0 Å². The van der Waals surface area contributed by atoms with Gasteiger partial charge in [0, 0.05) is 45.2 Å². The number of benzene rings is 1. The maximum Gasteiger partial charge on any atom is 0.243 e. The third-order valence-electron chi connectivity index (χ3n) is 5.79. The number of piperidine rings is 1. The Morgan fingerprint density at radius 2 is 1.94 bits per heavy atom. The smallest absolute Gasteiger partial charge is 0.243 e. The lowest BCUT2D eigenvalue weighted by Gasteiger charge is -2.35. The third kappa shape index (κ3) is 6.28. The molecule has 1 fully saturated rings. The average molecular weight is 570 g/mol. The van der Waals surface area contributed by atoms with Gasteiger partial charge in [-0.25, -0.2) is 4.99 Å². The van der Waals surface area contributed by atoms with Gasteiger partial charge in [0.25, 0.3) is 0 Å². The van der Waals surface area contributed by atoms with E-state index in [-0.39, 0.29) is 42.5 Å². The van der Waals surface area contributed by atoms with Crippen LogP contribution in [0.15, 0.2) is 46.8 Å². The Kier molecular flexibility index (Phi) is 9.03. The van der Waals surface area contributed by atoms with Gasteiger partial charge in [-0.2, -0.15) is 0 Å². The van der Waals surface area contributed by atoms with Gasteiger partial charge in [0.1, 0.15) is 12.3 Å². The number of thiophene rings is 1. The Morgan fingerprint density at radius 3 is 2.66 bits per heavy atom. The highest BCUT2D eigenvalue weighted by molar-refractivity contribution is 14.0. The number of nitrogens with zero attached hydrogens (tertiary/aromatic N) is 3. The van der Waals surface area contributed by atoms with Crippen molar-refractivity contribution in [1.29, 1.82) is 0 Å². The number of hydrogen-bond acceptors (Lipinski definition) is 5. The number of carbonyl (C=O) groups is 1. The molecule has 32 heavy (non-hydrogen) atoms. The summed E-state index contributed by atoms with van der Waals surface area (Å²) < 4.78 is 5.80. The number of likely N-dealkylation sites (N-methyl/N-ethyl adjacent to an activating group) is 1. The van der Waals surface area contributed by atoms with Crippen LogP contribution in [0, 0.1) is 0 Å². The van der Waals surface area contributed by atoms with E-state index in [4.69, 9.17) is 4.74 Å². The van der Waals surface area contributed by atoms with Crippen LogP contribution in [-0.4, -0.2) is 63.1 Å². The zero-order chi connectivity index (χ0) is 21.6. The summed E-state index contributed by atoms with van der Waals surface area (Å²) in [4.78, 5) is 20.8. The molecule has 0 radical (unpaired) electrons. The van der Waals surface area contributed by atoms with Crippen LogP contribution in [0.3, 0.4) is 0 Å². The van der Waals surface area contributed by atoms with Crippen LogP contribution in [0.4, 0.5) is 5.00 Å². The molecule has 2 N–H and O–H groups in total. The van der Waals surface area contributed by atoms with Gasteiger partial charge in [-0.3, -0.25) is 4.79 Å². The number of fused-ring (bicyclic) bond motifs is 1. The zero-order valence-corrected chi connectivity index (χ0v) is 21.8. The molecule has 9 heteroatoms. The van der Waals surface area contributed by atoms with Gasteiger partial charge in [-0.15, -0.1) is 35.3 Å². The molecule has 1 aromatic carbocycles. The second kappa shape index (κ2) is 11.7. The summed E-state index contributed by atoms with van der Waals surface area (Å²) >= 11 is 1.79. The van der Waals surface area contributed by atoms with Crippen molar-refractivity contribution in [1.82, 2.24) is 15.5 Å². The molecule has 0 saturated carbocycles. The first-order chi connectivity index (χ1) is 15.1. The van der Waals surface area contributed by atoms with E-state index in [0.29, 0.717) is 18.6 Å².